The van der Waals surface area contributed by atoms with Crippen molar-refractivity contribution < 1.29 is 13.9 Å². The number of hydrogen-bond acceptors (Lipinski definition) is 3. The van der Waals surface area contributed by atoms with Gasteiger partial charge in [-0.15, -0.1) is 12.4 Å². The monoisotopic (exact) mass is 330 g/mol. The van der Waals surface area contributed by atoms with E-state index in [1.165, 1.54) is 12.1 Å². The highest BCUT2D eigenvalue weighted by Crippen LogP contribution is 2.27. The lowest BCUT2D eigenvalue weighted by molar-refractivity contribution is -0.130. The normalized spacial score (nSPS) is 13.5. The van der Waals surface area contributed by atoms with E-state index in [4.69, 9.17) is 4.74 Å². The molecule has 0 atom stereocenters. The lowest BCUT2D eigenvalue weighted by Crippen LogP contribution is -2.41. The lowest BCUT2D eigenvalue weighted by Gasteiger charge is -2.22. The summed E-state index contributed by atoms with van der Waals surface area (Å²) >= 11 is 0. The van der Waals surface area contributed by atoms with Gasteiger partial charge in [-0.25, -0.2) is 4.39 Å². The quantitative estimate of drug-likeness (QED) is 0.704. The second kappa shape index (κ2) is 9.77. The van der Waals surface area contributed by atoms with Crippen LogP contribution < -0.4 is 5.32 Å². The van der Waals surface area contributed by atoms with Gasteiger partial charge in [-0.05, 0) is 37.0 Å². The van der Waals surface area contributed by atoms with Gasteiger partial charge in [0.25, 0.3) is 0 Å². The van der Waals surface area contributed by atoms with Crippen LogP contribution in [0.1, 0.15) is 18.4 Å². The molecule has 0 bridgehead atoms. The number of hydrogen-bond donors (Lipinski definition) is 1. The van der Waals surface area contributed by atoms with Crippen LogP contribution in [0.2, 0.25) is 0 Å². The van der Waals surface area contributed by atoms with Crippen LogP contribution in [0.5, 0.6) is 0 Å². The molecule has 0 spiro atoms. The molecule has 0 aromatic heterocycles. The maximum absolute atomic E-state index is 13.2. The molecular weight excluding hydrogens is 307 g/mol. The Balaban J connectivity index is 0.00000242. The first kappa shape index (κ1) is 18.9. The van der Waals surface area contributed by atoms with Gasteiger partial charge in [0.1, 0.15) is 5.82 Å². The Bertz CT molecular complexity index is 469. The molecule has 0 unspecified atom stereocenters. The Labute approximate surface area is 137 Å². The number of carbonyl (C=O) groups excluding carboxylic acids is 1. The second-order valence-corrected chi connectivity index (χ2v) is 5.37. The molecule has 0 heterocycles. The largest absolute Gasteiger partial charge is 0.383 e. The van der Waals surface area contributed by atoms with E-state index in [9.17, 15) is 9.18 Å². The van der Waals surface area contributed by atoms with E-state index < -0.39 is 0 Å². The van der Waals surface area contributed by atoms with Crippen molar-refractivity contribution in [3.63, 3.8) is 0 Å². The highest BCUT2D eigenvalue weighted by Gasteiger charge is 2.31. The van der Waals surface area contributed by atoms with Crippen molar-refractivity contribution in [2.45, 2.75) is 25.3 Å². The predicted molar refractivity (Wildman–Crippen MR) is 86.8 cm³/mol. The smallest absolute Gasteiger partial charge is 0.236 e. The molecule has 0 saturated heterocycles. The Kier molecular flexibility index (Phi) is 8.38. The van der Waals surface area contributed by atoms with Crippen LogP contribution in [0.4, 0.5) is 4.39 Å². The van der Waals surface area contributed by atoms with Gasteiger partial charge in [0.05, 0.1) is 13.2 Å². The summed E-state index contributed by atoms with van der Waals surface area (Å²) in [6, 6.07) is 6.95. The Morgan fingerprint density at radius 1 is 1.45 bits per heavy atom. The van der Waals surface area contributed by atoms with Gasteiger partial charge < -0.3 is 15.0 Å². The Morgan fingerprint density at radius 3 is 2.86 bits per heavy atom. The fourth-order valence-corrected chi connectivity index (χ4v) is 2.31. The zero-order chi connectivity index (χ0) is 15.1. The number of amides is 1. The molecule has 22 heavy (non-hydrogen) atoms. The number of methoxy groups -OCH3 is 1. The molecule has 1 N–H and O–H groups in total. The maximum atomic E-state index is 13.2. The standard InChI is InChI=1S/C16H23FN2O2.ClH/c1-21-10-8-18-12-16(20)19(15-5-6-15)9-7-13-3-2-4-14(17)11-13;/h2-4,11,15,18H,5-10,12H2,1H3;1H. The van der Waals surface area contributed by atoms with Crippen molar-refractivity contribution in [3.05, 3.63) is 35.6 Å². The van der Waals surface area contributed by atoms with Gasteiger partial charge >= 0.3 is 0 Å². The second-order valence-electron chi connectivity index (χ2n) is 5.37. The van der Waals surface area contributed by atoms with Crippen molar-refractivity contribution in [1.29, 1.82) is 0 Å². The molecule has 0 aliphatic heterocycles. The molecule has 1 aliphatic rings. The molecule has 1 amide bonds. The van der Waals surface area contributed by atoms with E-state index in [1.54, 1.807) is 13.2 Å². The molecular formula is C16H24ClFN2O2. The Hall–Kier alpha value is -1.17. The van der Waals surface area contributed by atoms with Gasteiger partial charge in [0, 0.05) is 26.2 Å². The summed E-state index contributed by atoms with van der Waals surface area (Å²) in [6.07, 6.45) is 2.85. The number of carbonyl (C=O) groups is 1. The van der Waals surface area contributed by atoms with Crippen LogP contribution >= 0.6 is 12.4 Å². The minimum Gasteiger partial charge on any atom is -0.383 e. The number of benzene rings is 1. The van der Waals surface area contributed by atoms with Crippen LogP contribution in [-0.2, 0) is 16.0 Å². The fraction of sp³-hybridized carbons (Fsp3) is 0.562. The number of nitrogens with one attached hydrogen (secondary N) is 1. The number of rotatable bonds is 9. The topological polar surface area (TPSA) is 41.6 Å². The van der Waals surface area contributed by atoms with Crippen molar-refractivity contribution >= 4 is 18.3 Å². The zero-order valence-corrected chi connectivity index (χ0v) is 13.7. The summed E-state index contributed by atoms with van der Waals surface area (Å²) in [5, 5.41) is 3.08. The fourth-order valence-electron chi connectivity index (χ4n) is 2.31. The van der Waals surface area contributed by atoms with Crippen LogP contribution in [0, 0.1) is 5.82 Å². The Morgan fingerprint density at radius 2 is 2.23 bits per heavy atom. The summed E-state index contributed by atoms with van der Waals surface area (Å²) in [5.41, 5.74) is 0.931. The minimum atomic E-state index is -0.224. The molecule has 1 saturated carbocycles. The summed E-state index contributed by atoms with van der Waals surface area (Å²) in [7, 11) is 1.64. The highest BCUT2D eigenvalue weighted by molar-refractivity contribution is 5.85. The molecule has 2 rings (SSSR count). The molecule has 0 radical (unpaired) electrons. The van der Waals surface area contributed by atoms with Crippen molar-refractivity contribution in [2.24, 2.45) is 0 Å². The first-order chi connectivity index (χ1) is 10.2. The van der Waals surface area contributed by atoms with Gasteiger partial charge in [0.15, 0.2) is 0 Å². The summed E-state index contributed by atoms with van der Waals surface area (Å²) in [6.45, 7) is 2.26. The predicted octanol–water partition coefficient (Wildman–Crippen LogP) is 2.02. The van der Waals surface area contributed by atoms with E-state index in [-0.39, 0.29) is 24.1 Å². The van der Waals surface area contributed by atoms with Crippen molar-refractivity contribution in [2.75, 3.05) is 33.4 Å². The van der Waals surface area contributed by atoms with Gasteiger partial charge in [0.2, 0.25) is 5.91 Å². The third kappa shape index (κ3) is 6.30. The minimum absolute atomic E-state index is 0. The lowest BCUT2D eigenvalue weighted by atomic mass is 10.1. The molecule has 1 fully saturated rings. The summed E-state index contributed by atoms with van der Waals surface area (Å²) < 4.78 is 18.1. The van der Waals surface area contributed by atoms with Crippen LogP contribution in [0.3, 0.4) is 0 Å². The van der Waals surface area contributed by atoms with E-state index in [0.717, 1.165) is 18.4 Å². The van der Waals surface area contributed by atoms with E-state index in [0.29, 0.717) is 38.7 Å². The molecule has 4 nitrogen and oxygen atoms in total. The van der Waals surface area contributed by atoms with E-state index in [2.05, 4.69) is 5.32 Å². The summed E-state index contributed by atoms with van der Waals surface area (Å²) in [5.74, 6) is -0.108. The van der Waals surface area contributed by atoms with Gasteiger partial charge in [-0.3, -0.25) is 4.79 Å². The van der Waals surface area contributed by atoms with Gasteiger partial charge in [-0.1, -0.05) is 12.1 Å². The van der Waals surface area contributed by atoms with E-state index >= 15 is 0 Å². The average Bonchev–Trinajstić information content (AvgIpc) is 3.29. The van der Waals surface area contributed by atoms with Crippen molar-refractivity contribution in [3.8, 4) is 0 Å². The van der Waals surface area contributed by atoms with Gasteiger partial charge in [-0.2, -0.15) is 0 Å². The summed E-state index contributed by atoms with van der Waals surface area (Å²) in [4.78, 5) is 14.1. The van der Waals surface area contributed by atoms with Crippen LogP contribution in [0.15, 0.2) is 24.3 Å². The molecule has 124 valence electrons. The SMILES string of the molecule is COCCNCC(=O)N(CCc1cccc(F)c1)C1CC1.Cl. The molecule has 1 aromatic carbocycles. The van der Waals surface area contributed by atoms with Crippen LogP contribution in [0.25, 0.3) is 0 Å². The average molecular weight is 331 g/mol. The van der Waals surface area contributed by atoms with Crippen LogP contribution in [-0.4, -0.2) is 50.2 Å². The maximum Gasteiger partial charge on any atom is 0.236 e. The zero-order valence-electron chi connectivity index (χ0n) is 12.9. The molecule has 1 aliphatic carbocycles. The van der Waals surface area contributed by atoms with E-state index in [1.807, 2.05) is 11.0 Å². The number of halogens is 2. The number of ether oxygens (including phenoxy) is 1. The first-order valence-corrected chi connectivity index (χ1v) is 7.44. The molecule has 6 heteroatoms. The third-order valence-corrected chi connectivity index (χ3v) is 3.60. The number of nitrogens with zero attached hydrogens (tertiary/aromatic N) is 1. The third-order valence-electron chi connectivity index (χ3n) is 3.60. The molecule has 1 aromatic rings. The highest BCUT2D eigenvalue weighted by atomic mass is 35.5. The first-order valence-electron chi connectivity index (χ1n) is 7.44. The van der Waals surface area contributed by atoms with Crippen molar-refractivity contribution in [1.82, 2.24) is 10.2 Å².